The van der Waals surface area contributed by atoms with E-state index in [2.05, 4.69) is 13.6 Å². The molecule has 1 N–H and O–H groups in total. The van der Waals surface area contributed by atoms with Crippen molar-refractivity contribution in [3.8, 4) is 0 Å². The Morgan fingerprint density at radius 3 is 2.42 bits per heavy atom. The van der Waals surface area contributed by atoms with E-state index in [1.54, 1.807) is 13.8 Å². The zero-order valence-electron chi connectivity index (χ0n) is 8.37. The molecular weight excluding hydrogens is 171 g/mol. The molecule has 1 aliphatic heterocycles. The van der Waals surface area contributed by atoms with E-state index in [1.165, 1.54) is 6.16 Å². The Balaban J connectivity index is 2.44. The molecule has 2 nitrogen and oxygen atoms in total. The number of rotatable bonds is 2. The summed E-state index contributed by atoms with van der Waals surface area (Å²) in [4.78, 5) is 0. The Morgan fingerprint density at radius 1 is 1.50 bits per heavy atom. The maximum absolute atomic E-state index is 9.47. The Morgan fingerprint density at radius 2 is 2.08 bits per heavy atom. The van der Waals surface area contributed by atoms with Crippen LogP contribution in [0.1, 0.15) is 27.2 Å². The quantitative estimate of drug-likeness (QED) is 0.533. The molecule has 0 aliphatic carbocycles. The van der Waals surface area contributed by atoms with Gasteiger partial charge in [-0.05, 0) is 33.1 Å². The van der Waals surface area contributed by atoms with Crippen LogP contribution in [0, 0.1) is 0 Å². The first kappa shape index (κ1) is 10.4. The van der Waals surface area contributed by atoms with E-state index in [1.807, 2.05) is 0 Å². The van der Waals surface area contributed by atoms with Crippen molar-refractivity contribution in [1.82, 2.24) is 0 Å². The Bertz CT molecular complexity index is 153. The summed E-state index contributed by atoms with van der Waals surface area (Å²) in [6.45, 7) is 7.95. The van der Waals surface area contributed by atoms with Crippen molar-refractivity contribution in [3.05, 3.63) is 0 Å². The standard InChI is InChI=1S/C9H19O2P/c1-7-8(5-6-12(7)4)11-9(2,3)10/h7-8,10H,5-6H2,1-4H3/t7-,8-,12?/m0/s1. The highest BCUT2D eigenvalue weighted by Gasteiger charge is 2.33. The predicted molar refractivity (Wildman–Crippen MR) is 53.0 cm³/mol. The van der Waals surface area contributed by atoms with Gasteiger partial charge in [-0.2, -0.15) is 0 Å². The smallest absolute Gasteiger partial charge is 0.160 e. The van der Waals surface area contributed by atoms with Crippen molar-refractivity contribution in [3.63, 3.8) is 0 Å². The fourth-order valence-electron chi connectivity index (χ4n) is 1.59. The summed E-state index contributed by atoms with van der Waals surface area (Å²) in [5, 5.41) is 9.47. The highest BCUT2D eigenvalue weighted by atomic mass is 31.1. The van der Waals surface area contributed by atoms with Crippen LogP contribution in [-0.2, 0) is 4.74 Å². The van der Waals surface area contributed by atoms with Gasteiger partial charge in [0.2, 0.25) is 0 Å². The van der Waals surface area contributed by atoms with Crippen molar-refractivity contribution in [2.45, 2.75) is 44.7 Å². The summed E-state index contributed by atoms with van der Waals surface area (Å²) in [6, 6.07) is 0. The lowest BCUT2D eigenvalue weighted by molar-refractivity contribution is -0.203. The Kier molecular flexibility index (Phi) is 3.14. The molecule has 1 heterocycles. The van der Waals surface area contributed by atoms with Crippen molar-refractivity contribution < 1.29 is 9.84 Å². The minimum absolute atomic E-state index is 0.145. The molecule has 0 bridgehead atoms. The van der Waals surface area contributed by atoms with Crippen molar-refractivity contribution in [2.24, 2.45) is 0 Å². The summed E-state index contributed by atoms with van der Waals surface area (Å²) in [7, 11) is 0.145. The first-order chi connectivity index (χ1) is 5.40. The summed E-state index contributed by atoms with van der Waals surface area (Å²) in [5.41, 5.74) is 0.645. The second-order valence-corrected chi connectivity index (χ2v) is 6.89. The van der Waals surface area contributed by atoms with Gasteiger partial charge < -0.3 is 9.84 Å². The van der Waals surface area contributed by atoms with Crippen LogP contribution in [0.25, 0.3) is 0 Å². The molecule has 1 fully saturated rings. The molecule has 0 saturated carbocycles. The Hall–Kier alpha value is 0.350. The lowest BCUT2D eigenvalue weighted by atomic mass is 10.2. The zero-order chi connectivity index (χ0) is 9.35. The van der Waals surface area contributed by atoms with Gasteiger partial charge in [-0.1, -0.05) is 6.92 Å². The predicted octanol–water partition coefficient (Wildman–Crippen LogP) is 2.00. The van der Waals surface area contributed by atoms with E-state index in [0.29, 0.717) is 5.66 Å². The van der Waals surface area contributed by atoms with Gasteiger partial charge in [0.25, 0.3) is 0 Å². The number of ether oxygens (including phenoxy) is 1. The molecule has 3 heteroatoms. The number of hydrogen-bond donors (Lipinski definition) is 1. The first-order valence-corrected chi connectivity index (χ1v) is 6.55. The van der Waals surface area contributed by atoms with E-state index >= 15 is 0 Å². The molecule has 72 valence electrons. The maximum atomic E-state index is 9.47. The van der Waals surface area contributed by atoms with Crippen LogP contribution in [0.15, 0.2) is 0 Å². The third-order valence-corrected chi connectivity index (χ3v) is 5.13. The fraction of sp³-hybridized carbons (Fsp3) is 1.00. The number of aliphatic hydroxyl groups is 1. The molecule has 1 rings (SSSR count). The van der Waals surface area contributed by atoms with Crippen LogP contribution in [-0.4, -0.2) is 35.5 Å². The van der Waals surface area contributed by atoms with Crippen LogP contribution in [0.4, 0.5) is 0 Å². The molecule has 0 amide bonds. The van der Waals surface area contributed by atoms with Gasteiger partial charge in [-0.25, -0.2) is 0 Å². The van der Waals surface area contributed by atoms with Crippen molar-refractivity contribution in [2.75, 3.05) is 12.8 Å². The van der Waals surface area contributed by atoms with Crippen LogP contribution in [0.3, 0.4) is 0 Å². The normalized spacial score (nSPS) is 37.2. The lowest BCUT2D eigenvalue weighted by Crippen LogP contribution is -2.33. The van der Waals surface area contributed by atoms with Crippen LogP contribution >= 0.6 is 7.92 Å². The zero-order valence-corrected chi connectivity index (χ0v) is 9.27. The van der Waals surface area contributed by atoms with Gasteiger partial charge in [0, 0.05) is 5.66 Å². The molecule has 0 aromatic rings. The minimum atomic E-state index is -0.959. The van der Waals surface area contributed by atoms with Gasteiger partial charge in [-0.15, -0.1) is 7.92 Å². The lowest BCUT2D eigenvalue weighted by Gasteiger charge is -2.26. The van der Waals surface area contributed by atoms with E-state index < -0.39 is 5.79 Å². The molecule has 1 aliphatic rings. The monoisotopic (exact) mass is 190 g/mol. The van der Waals surface area contributed by atoms with Crippen molar-refractivity contribution >= 4 is 7.92 Å². The number of hydrogen-bond acceptors (Lipinski definition) is 2. The highest BCUT2D eigenvalue weighted by molar-refractivity contribution is 7.58. The molecule has 0 spiro atoms. The molecule has 3 atom stereocenters. The first-order valence-electron chi connectivity index (χ1n) is 4.50. The van der Waals surface area contributed by atoms with E-state index in [-0.39, 0.29) is 14.0 Å². The molecule has 1 unspecified atom stereocenters. The fourth-order valence-corrected chi connectivity index (χ4v) is 3.43. The molecular formula is C9H19O2P. The van der Waals surface area contributed by atoms with E-state index in [4.69, 9.17) is 4.74 Å². The molecule has 0 aromatic carbocycles. The SMILES string of the molecule is C[C@H]1[C@@H](OC(C)(C)O)CCP1C. The second kappa shape index (κ2) is 3.61. The van der Waals surface area contributed by atoms with Gasteiger partial charge >= 0.3 is 0 Å². The van der Waals surface area contributed by atoms with E-state index in [9.17, 15) is 5.11 Å². The third-order valence-electron chi connectivity index (χ3n) is 2.44. The van der Waals surface area contributed by atoms with Gasteiger partial charge in [-0.3, -0.25) is 0 Å². The average molecular weight is 190 g/mol. The minimum Gasteiger partial charge on any atom is -0.366 e. The topological polar surface area (TPSA) is 29.5 Å². The Labute approximate surface area is 76.1 Å². The van der Waals surface area contributed by atoms with Gasteiger partial charge in [0.05, 0.1) is 6.10 Å². The highest BCUT2D eigenvalue weighted by Crippen LogP contribution is 2.48. The molecule has 12 heavy (non-hydrogen) atoms. The van der Waals surface area contributed by atoms with Crippen LogP contribution in [0.2, 0.25) is 0 Å². The summed E-state index contributed by atoms with van der Waals surface area (Å²) < 4.78 is 5.55. The van der Waals surface area contributed by atoms with Crippen LogP contribution in [0.5, 0.6) is 0 Å². The van der Waals surface area contributed by atoms with Crippen molar-refractivity contribution in [1.29, 1.82) is 0 Å². The van der Waals surface area contributed by atoms with E-state index in [0.717, 1.165) is 6.42 Å². The summed E-state index contributed by atoms with van der Waals surface area (Å²) in [6.07, 6.45) is 2.69. The van der Waals surface area contributed by atoms with Crippen LogP contribution < -0.4 is 0 Å². The summed E-state index contributed by atoms with van der Waals surface area (Å²) in [5.74, 6) is -0.959. The third kappa shape index (κ3) is 2.69. The second-order valence-electron chi connectivity index (χ2n) is 4.11. The summed E-state index contributed by atoms with van der Waals surface area (Å²) >= 11 is 0. The largest absolute Gasteiger partial charge is 0.366 e. The van der Waals surface area contributed by atoms with Gasteiger partial charge in [0.15, 0.2) is 5.79 Å². The van der Waals surface area contributed by atoms with Gasteiger partial charge in [0.1, 0.15) is 0 Å². The molecule has 1 saturated heterocycles. The average Bonchev–Trinajstić information content (AvgIpc) is 2.16. The maximum Gasteiger partial charge on any atom is 0.160 e. The molecule has 0 radical (unpaired) electrons. The molecule has 0 aromatic heterocycles.